The Hall–Kier alpha value is -1.85. The molecule has 6 heteroatoms. The minimum atomic E-state index is -0.985. The molecule has 0 bridgehead atoms. The predicted molar refractivity (Wildman–Crippen MR) is 79.4 cm³/mol. The summed E-state index contributed by atoms with van der Waals surface area (Å²) in [6.07, 6.45) is 3.19. The van der Waals surface area contributed by atoms with E-state index < -0.39 is 5.97 Å². The monoisotopic (exact) mass is 309 g/mol. The normalized spacial score (nSPS) is 10.8. The van der Waals surface area contributed by atoms with Crippen molar-refractivity contribution in [2.45, 2.75) is 6.42 Å². The highest BCUT2D eigenvalue weighted by Gasteiger charge is 2.03. The first-order chi connectivity index (χ1) is 9.65. The van der Waals surface area contributed by atoms with Crippen LogP contribution in [0, 0.1) is 0 Å². The molecule has 0 aliphatic rings. The number of para-hydroxylation sites is 1. The van der Waals surface area contributed by atoms with Crippen molar-refractivity contribution < 1.29 is 14.6 Å². The summed E-state index contributed by atoms with van der Waals surface area (Å²) in [5, 5.41) is 11.8. The molecule has 0 radical (unpaired) electrons. The molecular formula is C14H12ClNO3S. The average molecular weight is 310 g/mol. The number of carbonyl (C=O) groups is 1. The fourth-order valence-electron chi connectivity index (χ4n) is 1.48. The molecule has 104 valence electrons. The van der Waals surface area contributed by atoms with E-state index >= 15 is 0 Å². The molecule has 0 unspecified atom stereocenters. The fraction of sp³-hybridized carbons (Fsp3) is 0.143. The summed E-state index contributed by atoms with van der Waals surface area (Å²) in [4.78, 5) is 14.7. The Kier molecular flexibility index (Phi) is 5.15. The van der Waals surface area contributed by atoms with E-state index in [1.54, 1.807) is 6.07 Å². The Bertz CT molecular complexity index is 624. The van der Waals surface area contributed by atoms with Crippen LogP contribution in [0.3, 0.4) is 0 Å². The first-order valence-electron chi connectivity index (χ1n) is 5.88. The van der Waals surface area contributed by atoms with Gasteiger partial charge in [0.25, 0.3) is 0 Å². The topological polar surface area (TPSA) is 59.4 Å². The number of ether oxygens (including phenoxy) is 1. The third-order valence-corrected chi connectivity index (χ3v) is 3.62. The van der Waals surface area contributed by atoms with Crippen LogP contribution < -0.4 is 4.74 Å². The van der Waals surface area contributed by atoms with Gasteiger partial charge in [-0.1, -0.05) is 23.7 Å². The number of halogens is 1. The molecule has 1 heterocycles. The number of hydrogen-bond acceptors (Lipinski definition) is 4. The predicted octanol–water partition coefficient (Wildman–Crippen LogP) is 3.52. The molecular weight excluding hydrogens is 298 g/mol. The lowest BCUT2D eigenvalue weighted by atomic mass is 10.3. The highest BCUT2D eigenvalue weighted by atomic mass is 35.5. The number of carboxylic acids is 1. The summed E-state index contributed by atoms with van der Waals surface area (Å²) in [7, 11) is 0. The van der Waals surface area contributed by atoms with Crippen molar-refractivity contribution in [1.82, 2.24) is 4.98 Å². The van der Waals surface area contributed by atoms with Crippen molar-refractivity contribution >= 4 is 35.0 Å². The lowest BCUT2D eigenvalue weighted by Gasteiger charge is -2.06. The van der Waals surface area contributed by atoms with E-state index in [4.69, 9.17) is 21.4 Å². The zero-order chi connectivity index (χ0) is 14.4. The van der Waals surface area contributed by atoms with Gasteiger partial charge in [-0.2, -0.15) is 0 Å². The van der Waals surface area contributed by atoms with Crippen LogP contribution >= 0.6 is 22.9 Å². The molecule has 0 amide bonds. The fourth-order valence-corrected chi connectivity index (χ4v) is 2.42. The summed E-state index contributed by atoms with van der Waals surface area (Å²) in [5.74, 6) is -0.335. The van der Waals surface area contributed by atoms with E-state index in [-0.39, 0.29) is 0 Å². The molecule has 0 aliphatic carbocycles. The summed E-state index contributed by atoms with van der Waals surface area (Å²) in [5.41, 5.74) is 0.644. The molecule has 0 aliphatic heterocycles. The second-order valence-corrected chi connectivity index (χ2v) is 5.22. The largest absolute Gasteiger partial charge is 0.492 e. The number of rotatable bonds is 6. The molecule has 0 spiro atoms. The molecule has 2 rings (SSSR count). The van der Waals surface area contributed by atoms with Gasteiger partial charge in [-0.05, 0) is 18.2 Å². The molecule has 0 atom stereocenters. The third-order valence-electron chi connectivity index (χ3n) is 2.38. The third kappa shape index (κ3) is 4.36. The van der Waals surface area contributed by atoms with E-state index in [9.17, 15) is 4.79 Å². The summed E-state index contributed by atoms with van der Waals surface area (Å²) in [6, 6.07) is 7.29. The lowest BCUT2D eigenvalue weighted by molar-refractivity contribution is -0.131. The lowest BCUT2D eigenvalue weighted by Crippen LogP contribution is -2.01. The van der Waals surface area contributed by atoms with Crippen LogP contribution in [0.1, 0.15) is 10.7 Å². The maximum Gasteiger partial charge on any atom is 0.328 e. The molecule has 0 saturated heterocycles. The molecule has 0 fully saturated rings. The number of hydrogen-bond donors (Lipinski definition) is 1. The molecule has 2 aromatic rings. The van der Waals surface area contributed by atoms with Gasteiger partial charge in [0, 0.05) is 17.9 Å². The first-order valence-corrected chi connectivity index (χ1v) is 7.13. The second-order valence-electron chi connectivity index (χ2n) is 3.87. The van der Waals surface area contributed by atoms with Crippen LogP contribution in [-0.4, -0.2) is 22.7 Å². The van der Waals surface area contributed by atoms with Crippen LogP contribution in [0.25, 0.3) is 6.08 Å². The Labute approximate surface area is 125 Å². The van der Waals surface area contributed by atoms with Crippen LogP contribution in [0.2, 0.25) is 5.02 Å². The molecule has 1 aromatic heterocycles. The first kappa shape index (κ1) is 14.6. The molecule has 20 heavy (non-hydrogen) atoms. The Balaban J connectivity index is 1.86. The maximum absolute atomic E-state index is 10.4. The van der Waals surface area contributed by atoms with E-state index in [0.717, 1.165) is 11.1 Å². The molecule has 1 aromatic carbocycles. The van der Waals surface area contributed by atoms with Crippen molar-refractivity contribution in [3.05, 3.63) is 51.4 Å². The molecule has 4 nitrogen and oxygen atoms in total. The summed E-state index contributed by atoms with van der Waals surface area (Å²) in [6.45, 7) is 0.472. The van der Waals surface area contributed by atoms with Crippen molar-refractivity contribution in [3.8, 4) is 5.75 Å². The number of nitrogens with zero attached hydrogens (tertiary/aromatic N) is 1. The quantitative estimate of drug-likeness (QED) is 0.829. The van der Waals surface area contributed by atoms with Crippen molar-refractivity contribution in [2.24, 2.45) is 0 Å². The Morgan fingerprint density at radius 1 is 1.45 bits per heavy atom. The van der Waals surface area contributed by atoms with Crippen LogP contribution in [0.4, 0.5) is 0 Å². The second kappa shape index (κ2) is 7.07. The SMILES string of the molecule is O=C(O)/C=C/c1csc(CCOc2ccccc2Cl)n1. The maximum atomic E-state index is 10.4. The van der Waals surface area contributed by atoms with Crippen molar-refractivity contribution in [2.75, 3.05) is 6.61 Å². The van der Waals surface area contributed by atoms with Gasteiger partial charge in [0.2, 0.25) is 0 Å². The van der Waals surface area contributed by atoms with Gasteiger partial charge in [0.1, 0.15) is 5.75 Å². The number of thiazole rings is 1. The summed E-state index contributed by atoms with van der Waals surface area (Å²) < 4.78 is 5.57. The molecule has 1 N–H and O–H groups in total. The van der Waals surface area contributed by atoms with E-state index in [0.29, 0.717) is 29.5 Å². The van der Waals surface area contributed by atoms with Crippen molar-refractivity contribution in [3.63, 3.8) is 0 Å². The number of carboxylic acid groups (broad SMARTS) is 1. The highest BCUT2D eigenvalue weighted by molar-refractivity contribution is 7.09. The van der Waals surface area contributed by atoms with Crippen LogP contribution in [-0.2, 0) is 11.2 Å². The van der Waals surface area contributed by atoms with Crippen molar-refractivity contribution in [1.29, 1.82) is 0 Å². The zero-order valence-electron chi connectivity index (χ0n) is 10.5. The van der Waals surface area contributed by atoms with E-state index in [2.05, 4.69) is 4.98 Å². The van der Waals surface area contributed by atoms with Gasteiger partial charge in [-0.3, -0.25) is 0 Å². The number of benzene rings is 1. The Morgan fingerprint density at radius 3 is 3.00 bits per heavy atom. The Morgan fingerprint density at radius 2 is 2.25 bits per heavy atom. The standard InChI is InChI=1S/C14H12ClNO3S/c15-11-3-1-2-4-12(11)19-8-7-13-16-10(9-20-13)5-6-14(17)18/h1-6,9H,7-8H2,(H,17,18)/b6-5+. The minimum absolute atomic E-state index is 0.472. The smallest absolute Gasteiger partial charge is 0.328 e. The van der Waals surface area contributed by atoms with Gasteiger partial charge < -0.3 is 9.84 Å². The highest BCUT2D eigenvalue weighted by Crippen LogP contribution is 2.23. The minimum Gasteiger partial charge on any atom is -0.492 e. The van der Waals surface area contributed by atoms with Gasteiger partial charge in [-0.15, -0.1) is 11.3 Å². The zero-order valence-corrected chi connectivity index (χ0v) is 12.0. The van der Waals surface area contributed by atoms with Crippen LogP contribution in [0.5, 0.6) is 5.75 Å². The average Bonchev–Trinajstić information content (AvgIpc) is 2.87. The summed E-state index contributed by atoms with van der Waals surface area (Å²) >= 11 is 7.45. The van der Waals surface area contributed by atoms with Gasteiger partial charge in [0.05, 0.1) is 22.3 Å². The van der Waals surface area contributed by atoms with Crippen LogP contribution in [0.15, 0.2) is 35.7 Å². The number of aliphatic carboxylic acids is 1. The number of aromatic nitrogens is 1. The van der Waals surface area contributed by atoms with E-state index in [1.807, 2.05) is 23.6 Å². The molecule has 0 saturated carbocycles. The van der Waals surface area contributed by atoms with Gasteiger partial charge >= 0.3 is 5.97 Å². The van der Waals surface area contributed by atoms with Gasteiger partial charge in [0.15, 0.2) is 0 Å². The van der Waals surface area contributed by atoms with Gasteiger partial charge in [-0.25, -0.2) is 9.78 Å². The van der Waals surface area contributed by atoms with E-state index in [1.165, 1.54) is 17.4 Å².